The van der Waals surface area contributed by atoms with Crippen LogP contribution < -0.4 is 5.56 Å². The molecule has 0 fully saturated rings. The maximum atomic E-state index is 12.0. The molecule has 0 radical (unpaired) electrons. The van der Waals surface area contributed by atoms with E-state index >= 15 is 0 Å². The lowest BCUT2D eigenvalue weighted by atomic mass is 10.1. The Kier molecular flexibility index (Phi) is 5.92. The molecule has 0 saturated heterocycles. The number of benzene rings is 1. The molecular formula is C19H21NO3. The molecule has 0 unspecified atom stereocenters. The number of aryl methyl sites for hydroxylation is 2. The molecule has 0 atom stereocenters. The summed E-state index contributed by atoms with van der Waals surface area (Å²) in [7, 11) is 0. The molecule has 1 N–H and O–H groups in total. The van der Waals surface area contributed by atoms with E-state index in [9.17, 15) is 9.59 Å². The Hall–Kier alpha value is -2.62. The van der Waals surface area contributed by atoms with E-state index in [0.29, 0.717) is 19.4 Å². The fourth-order valence-corrected chi connectivity index (χ4v) is 2.34. The first kappa shape index (κ1) is 16.7. The zero-order valence-corrected chi connectivity index (χ0v) is 13.2. The van der Waals surface area contributed by atoms with Crippen molar-refractivity contribution in [2.45, 2.75) is 32.7 Å². The Morgan fingerprint density at radius 2 is 1.87 bits per heavy atom. The summed E-state index contributed by atoms with van der Waals surface area (Å²) in [6.07, 6.45) is 7.08. The van der Waals surface area contributed by atoms with Crippen molar-refractivity contribution in [2.24, 2.45) is 0 Å². The minimum Gasteiger partial charge on any atom is -0.481 e. The summed E-state index contributed by atoms with van der Waals surface area (Å²) < 4.78 is 1.62. The summed E-state index contributed by atoms with van der Waals surface area (Å²) in [6.45, 7) is 2.59. The minimum atomic E-state index is -0.797. The predicted octanol–water partition coefficient (Wildman–Crippen LogP) is 3.58. The maximum Gasteiger partial charge on any atom is 0.303 e. The van der Waals surface area contributed by atoms with Gasteiger partial charge in [-0.3, -0.25) is 9.59 Å². The number of rotatable bonds is 7. The molecule has 2 aromatic rings. The molecule has 0 spiro atoms. The van der Waals surface area contributed by atoms with Gasteiger partial charge in [-0.15, -0.1) is 0 Å². The molecule has 0 aliphatic carbocycles. The average molecular weight is 311 g/mol. The standard InChI is InChI=1S/C19H21NO3/c1-15-5-4-6-16(13-15)8-9-17-10-12-20(18(21)14-17)11-3-2-7-19(22)23/h4-6,8-10,12-14H,2-3,7,11H2,1H3,(H,22,23)/b9-8+. The quantitative estimate of drug-likeness (QED) is 0.795. The Labute approximate surface area is 135 Å². The van der Waals surface area contributed by atoms with Crippen LogP contribution in [0.5, 0.6) is 0 Å². The first-order valence-electron chi connectivity index (χ1n) is 7.71. The molecule has 0 aliphatic heterocycles. The van der Waals surface area contributed by atoms with Gasteiger partial charge in [0.1, 0.15) is 0 Å². The molecule has 0 saturated carbocycles. The number of nitrogens with zero attached hydrogens (tertiary/aromatic N) is 1. The van der Waals surface area contributed by atoms with Crippen molar-refractivity contribution in [2.75, 3.05) is 0 Å². The molecule has 0 aliphatic rings. The van der Waals surface area contributed by atoms with Gasteiger partial charge in [-0.05, 0) is 37.0 Å². The lowest BCUT2D eigenvalue weighted by molar-refractivity contribution is -0.137. The molecule has 0 amide bonds. The lowest BCUT2D eigenvalue weighted by Gasteiger charge is -2.05. The highest BCUT2D eigenvalue weighted by molar-refractivity contribution is 5.69. The Bertz CT molecular complexity index is 759. The maximum absolute atomic E-state index is 12.0. The van der Waals surface area contributed by atoms with Gasteiger partial charge in [-0.25, -0.2) is 0 Å². The molecule has 4 nitrogen and oxygen atoms in total. The van der Waals surface area contributed by atoms with Crippen molar-refractivity contribution in [1.29, 1.82) is 0 Å². The van der Waals surface area contributed by atoms with Crippen LogP contribution in [0.25, 0.3) is 12.2 Å². The smallest absolute Gasteiger partial charge is 0.303 e. The topological polar surface area (TPSA) is 59.3 Å². The fourth-order valence-electron chi connectivity index (χ4n) is 2.34. The minimum absolute atomic E-state index is 0.0632. The van der Waals surface area contributed by atoms with E-state index in [2.05, 4.69) is 6.07 Å². The fraction of sp³-hybridized carbons (Fsp3) is 0.263. The van der Waals surface area contributed by atoms with E-state index < -0.39 is 5.97 Å². The van der Waals surface area contributed by atoms with Crippen LogP contribution in [0.1, 0.15) is 36.0 Å². The summed E-state index contributed by atoms with van der Waals surface area (Å²) in [5, 5.41) is 8.60. The summed E-state index contributed by atoms with van der Waals surface area (Å²) in [4.78, 5) is 22.5. The molecule has 2 rings (SSSR count). The lowest BCUT2D eigenvalue weighted by Crippen LogP contribution is -2.18. The summed E-state index contributed by atoms with van der Waals surface area (Å²) >= 11 is 0. The third kappa shape index (κ3) is 5.58. The summed E-state index contributed by atoms with van der Waals surface area (Å²) in [6, 6.07) is 11.6. The number of aromatic nitrogens is 1. The van der Waals surface area contributed by atoms with Crippen molar-refractivity contribution in [1.82, 2.24) is 4.57 Å². The number of aliphatic carboxylic acids is 1. The van der Waals surface area contributed by atoms with E-state index in [4.69, 9.17) is 5.11 Å². The van der Waals surface area contributed by atoms with Crippen LogP contribution in [-0.2, 0) is 11.3 Å². The molecular weight excluding hydrogens is 290 g/mol. The molecule has 23 heavy (non-hydrogen) atoms. The zero-order valence-electron chi connectivity index (χ0n) is 13.2. The SMILES string of the molecule is Cc1cccc(/C=C/c2ccn(CCCCC(=O)O)c(=O)c2)c1. The van der Waals surface area contributed by atoms with Gasteiger partial charge in [-0.2, -0.15) is 0 Å². The number of hydrogen-bond acceptors (Lipinski definition) is 2. The van der Waals surface area contributed by atoms with Gasteiger partial charge in [0.25, 0.3) is 5.56 Å². The highest BCUT2D eigenvalue weighted by Gasteiger charge is 2.00. The first-order chi connectivity index (χ1) is 11.0. The number of carbonyl (C=O) groups is 1. The summed E-state index contributed by atoms with van der Waals surface area (Å²) in [5.74, 6) is -0.797. The molecule has 1 heterocycles. The largest absolute Gasteiger partial charge is 0.481 e. The van der Waals surface area contributed by atoms with Gasteiger partial charge in [0.15, 0.2) is 0 Å². The molecule has 1 aromatic heterocycles. The van der Waals surface area contributed by atoms with Crippen LogP contribution in [0.15, 0.2) is 47.4 Å². The van der Waals surface area contributed by atoms with Crippen LogP contribution in [0.4, 0.5) is 0 Å². The second-order valence-corrected chi connectivity index (χ2v) is 5.59. The Morgan fingerprint density at radius 3 is 2.52 bits per heavy atom. The van der Waals surface area contributed by atoms with Gasteiger partial charge in [0.05, 0.1) is 0 Å². The number of hydrogen-bond donors (Lipinski definition) is 1. The number of unbranched alkanes of at least 4 members (excludes halogenated alkanes) is 1. The third-order valence-corrected chi connectivity index (χ3v) is 3.57. The molecule has 1 aromatic carbocycles. The summed E-state index contributed by atoms with van der Waals surface area (Å²) in [5.41, 5.74) is 3.09. The molecule has 0 bridgehead atoms. The zero-order chi connectivity index (χ0) is 16.7. The molecule has 120 valence electrons. The van der Waals surface area contributed by atoms with Gasteiger partial charge < -0.3 is 9.67 Å². The van der Waals surface area contributed by atoms with Crippen LogP contribution in [0.2, 0.25) is 0 Å². The van der Waals surface area contributed by atoms with Crippen molar-refractivity contribution >= 4 is 18.1 Å². The van der Waals surface area contributed by atoms with Crippen molar-refractivity contribution in [3.8, 4) is 0 Å². The third-order valence-electron chi connectivity index (χ3n) is 3.57. The van der Waals surface area contributed by atoms with Crippen LogP contribution >= 0.6 is 0 Å². The Balaban J connectivity index is 1.99. The van der Waals surface area contributed by atoms with E-state index in [1.165, 1.54) is 5.56 Å². The van der Waals surface area contributed by atoms with E-state index in [1.54, 1.807) is 16.8 Å². The highest BCUT2D eigenvalue weighted by Crippen LogP contribution is 2.09. The van der Waals surface area contributed by atoms with Crippen LogP contribution in [0, 0.1) is 6.92 Å². The second kappa shape index (κ2) is 8.13. The van der Waals surface area contributed by atoms with Crippen molar-refractivity contribution < 1.29 is 9.90 Å². The van der Waals surface area contributed by atoms with E-state index in [-0.39, 0.29) is 12.0 Å². The predicted molar refractivity (Wildman–Crippen MR) is 92.3 cm³/mol. The van der Waals surface area contributed by atoms with Gasteiger partial charge in [0, 0.05) is 25.2 Å². The van der Waals surface area contributed by atoms with Crippen LogP contribution in [0.3, 0.4) is 0 Å². The monoisotopic (exact) mass is 311 g/mol. The Morgan fingerprint density at radius 1 is 1.13 bits per heavy atom. The second-order valence-electron chi connectivity index (χ2n) is 5.59. The van der Waals surface area contributed by atoms with Gasteiger partial charge in [-0.1, -0.05) is 42.0 Å². The van der Waals surface area contributed by atoms with E-state index in [0.717, 1.165) is 11.1 Å². The number of carboxylic acid groups (broad SMARTS) is 1. The number of pyridine rings is 1. The van der Waals surface area contributed by atoms with Crippen molar-refractivity contribution in [3.63, 3.8) is 0 Å². The van der Waals surface area contributed by atoms with Crippen LogP contribution in [-0.4, -0.2) is 15.6 Å². The normalized spacial score (nSPS) is 11.0. The number of carboxylic acids is 1. The van der Waals surface area contributed by atoms with Gasteiger partial charge in [0.2, 0.25) is 0 Å². The average Bonchev–Trinajstić information content (AvgIpc) is 2.51. The highest BCUT2D eigenvalue weighted by atomic mass is 16.4. The van der Waals surface area contributed by atoms with Crippen molar-refractivity contribution in [3.05, 3.63) is 69.6 Å². The first-order valence-corrected chi connectivity index (χ1v) is 7.71. The van der Waals surface area contributed by atoms with Gasteiger partial charge >= 0.3 is 5.97 Å². The van der Waals surface area contributed by atoms with E-state index in [1.807, 2.05) is 43.3 Å². The molecule has 4 heteroatoms.